The van der Waals surface area contributed by atoms with Gasteiger partial charge >= 0.3 is 18.3 Å². The average molecular weight is 277 g/mol. The van der Waals surface area contributed by atoms with Crippen molar-refractivity contribution >= 4 is 11.7 Å². The molecule has 1 aromatic carbocycles. The zero-order valence-corrected chi connectivity index (χ0v) is 9.54. The molecule has 0 aliphatic heterocycles. The quantitative estimate of drug-likeness (QED) is 0.625. The van der Waals surface area contributed by atoms with E-state index in [4.69, 9.17) is 5.11 Å². The molecule has 0 saturated carbocycles. The van der Waals surface area contributed by atoms with E-state index in [9.17, 15) is 28.8 Å². The van der Waals surface area contributed by atoms with E-state index >= 15 is 0 Å². The number of benzene rings is 1. The van der Waals surface area contributed by atoms with Crippen LogP contribution in [0.5, 0.6) is 5.75 Å². The molecule has 0 aromatic heterocycles. The van der Waals surface area contributed by atoms with Gasteiger partial charge in [0.05, 0.1) is 10.5 Å². The number of aliphatic hydroxyl groups excluding tert-OH is 1. The second-order valence-corrected chi connectivity index (χ2v) is 3.53. The molecule has 2 N–H and O–H groups in total. The summed E-state index contributed by atoms with van der Waals surface area (Å²) in [6, 6.07) is 2.12. The van der Waals surface area contributed by atoms with Gasteiger partial charge in [0.2, 0.25) is 5.75 Å². The number of alkyl halides is 2. The third kappa shape index (κ3) is 3.13. The monoisotopic (exact) mass is 277 g/mol. The lowest BCUT2D eigenvalue weighted by atomic mass is 10.0. The number of carboxylic acid groups (broad SMARTS) is 1. The molecule has 1 atom stereocenters. The summed E-state index contributed by atoms with van der Waals surface area (Å²) in [6.45, 7) is -2.03. The number of hydrogen-bond donors (Lipinski definition) is 2. The van der Waals surface area contributed by atoms with Crippen molar-refractivity contribution in [2.75, 3.05) is 0 Å². The molecular weight excluding hydrogens is 268 g/mol. The molecule has 0 amide bonds. The van der Waals surface area contributed by atoms with Crippen LogP contribution in [0.3, 0.4) is 0 Å². The van der Waals surface area contributed by atoms with Gasteiger partial charge in [-0.2, -0.15) is 8.78 Å². The number of carboxylic acids is 1. The van der Waals surface area contributed by atoms with Crippen LogP contribution in [0.1, 0.15) is 17.2 Å². The van der Waals surface area contributed by atoms with Gasteiger partial charge in [-0.05, 0) is 18.6 Å². The number of aliphatic hydroxyl groups is 1. The van der Waals surface area contributed by atoms with Gasteiger partial charge in [-0.3, -0.25) is 10.1 Å². The number of carbonyl (C=O) groups is 1. The normalized spacial score (nSPS) is 12.3. The van der Waals surface area contributed by atoms with Gasteiger partial charge in [-0.1, -0.05) is 6.07 Å². The number of aliphatic carboxylic acids is 1. The van der Waals surface area contributed by atoms with Crippen molar-refractivity contribution in [3.8, 4) is 5.75 Å². The van der Waals surface area contributed by atoms with Crippen LogP contribution >= 0.6 is 0 Å². The Labute approximate surface area is 105 Å². The largest absolute Gasteiger partial charge is 0.479 e. The van der Waals surface area contributed by atoms with E-state index in [1.165, 1.54) is 6.92 Å². The molecule has 0 heterocycles. The summed E-state index contributed by atoms with van der Waals surface area (Å²) in [5, 5.41) is 28.8. The zero-order valence-electron chi connectivity index (χ0n) is 9.54. The Morgan fingerprint density at radius 3 is 2.47 bits per heavy atom. The summed E-state index contributed by atoms with van der Waals surface area (Å²) in [6.07, 6.45) is -2.21. The molecule has 7 nitrogen and oxygen atoms in total. The molecule has 1 aromatic rings. The van der Waals surface area contributed by atoms with E-state index in [0.717, 1.165) is 12.1 Å². The van der Waals surface area contributed by atoms with Crippen LogP contribution in [-0.4, -0.2) is 27.7 Å². The average Bonchev–Trinajstić information content (AvgIpc) is 2.29. The van der Waals surface area contributed by atoms with Crippen molar-refractivity contribution in [1.82, 2.24) is 0 Å². The first-order chi connectivity index (χ1) is 8.75. The molecular formula is C10H9F2NO6. The predicted octanol–water partition coefficient (Wildman–Crippen LogP) is 1.62. The molecule has 0 saturated heterocycles. The standard InChI is InChI=1S/C10H9F2NO6/c1-4-2-3-5(7(14)9(15)16)6(13(17)18)8(4)19-10(11)12/h2-3,7,10,14H,1H3,(H,15,16). The van der Waals surface area contributed by atoms with Crippen LogP contribution in [-0.2, 0) is 4.79 Å². The van der Waals surface area contributed by atoms with Crippen LogP contribution in [0.2, 0.25) is 0 Å². The number of hydrogen-bond acceptors (Lipinski definition) is 5. The first-order valence-corrected chi connectivity index (χ1v) is 4.89. The fraction of sp³-hybridized carbons (Fsp3) is 0.300. The third-order valence-electron chi connectivity index (χ3n) is 2.28. The summed E-state index contributed by atoms with van der Waals surface area (Å²) in [5.41, 5.74) is -1.60. The first-order valence-electron chi connectivity index (χ1n) is 4.89. The summed E-state index contributed by atoms with van der Waals surface area (Å²) in [7, 11) is 0. The number of rotatable bonds is 5. The van der Waals surface area contributed by atoms with Crippen LogP contribution in [0.4, 0.5) is 14.5 Å². The van der Waals surface area contributed by atoms with Crippen molar-refractivity contribution in [2.24, 2.45) is 0 Å². The lowest BCUT2D eigenvalue weighted by Gasteiger charge is -2.13. The van der Waals surface area contributed by atoms with Gasteiger partial charge in [-0.25, -0.2) is 4.79 Å². The minimum absolute atomic E-state index is 0.0216. The second-order valence-electron chi connectivity index (χ2n) is 3.53. The van der Waals surface area contributed by atoms with E-state index < -0.39 is 40.6 Å². The topological polar surface area (TPSA) is 110 Å². The van der Waals surface area contributed by atoms with Gasteiger partial charge < -0.3 is 14.9 Å². The molecule has 9 heteroatoms. The Morgan fingerprint density at radius 2 is 2.05 bits per heavy atom. The van der Waals surface area contributed by atoms with Crippen LogP contribution < -0.4 is 4.74 Å². The Bertz CT molecular complexity index is 519. The Morgan fingerprint density at radius 1 is 1.47 bits per heavy atom. The molecule has 104 valence electrons. The zero-order chi connectivity index (χ0) is 14.7. The van der Waals surface area contributed by atoms with Crippen molar-refractivity contribution < 1.29 is 33.4 Å². The van der Waals surface area contributed by atoms with E-state index in [0.29, 0.717) is 0 Å². The van der Waals surface area contributed by atoms with Crippen LogP contribution in [0, 0.1) is 17.0 Å². The molecule has 0 aliphatic rings. The molecule has 0 spiro atoms. The van der Waals surface area contributed by atoms with Crippen molar-refractivity contribution in [2.45, 2.75) is 19.6 Å². The molecule has 0 aliphatic carbocycles. The molecule has 0 bridgehead atoms. The van der Waals surface area contributed by atoms with E-state index in [1.807, 2.05) is 0 Å². The van der Waals surface area contributed by atoms with E-state index in [-0.39, 0.29) is 5.56 Å². The minimum Gasteiger partial charge on any atom is -0.479 e. The molecule has 0 radical (unpaired) electrons. The van der Waals surface area contributed by atoms with Gasteiger partial charge in [0.1, 0.15) is 0 Å². The number of halogens is 2. The first kappa shape index (κ1) is 14.8. The van der Waals surface area contributed by atoms with Crippen molar-refractivity contribution in [3.05, 3.63) is 33.4 Å². The SMILES string of the molecule is Cc1ccc(C(O)C(=O)O)c([N+](=O)[O-])c1OC(F)F. The molecule has 0 fully saturated rings. The van der Waals surface area contributed by atoms with E-state index in [1.54, 1.807) is 0 Å². The molecule has 1 unspecified atom stereocenters. The predicted molar refractivity (Wildman–Crippen MR) is 57.1 cm³/mol. The summed E-state index contributed by atoms with van der Waals surface area (Å²) in [4.78, 5) is 20.4. The Kier molecular flexibility index (Phi) is 4.33. The molecule has 1 rings (SSSR count). The highest BCUT2D eigenvalue weighted by atomic mass is 19.3. The maximum Gasteiger partial charge on any atom is 0.387 e. The number of ether oxygens (including phenoxy) is 1. The number of nitro benzene ring substituents is 1. The van der Waals surface area contributed by atoms with Crippen LogP contribution in [0.25, 0.3) is 0 Å². The van der Waals surface area contributed by atoms with Crippen LogP contribution in [0.15, 0.2) is 12.1 Å². The molecule has 19 heavy (non-hydrogen) atoms. The highest BCUT2D eigenvalue weighted by Crippen LogP contribution is 2.38. The summed E-state index contributed by atoms with van der Waals surface area (Å²) >= 11 is 0. The number of nitro groups is 1. The maximum absolute atomic E-state index is 12.2. The lowest BCUT2D eigenvalue weighted by molar-refractivity contribution is -0.387. The fourth-order valence-electron chi connectivity index (χ4n) is 1.47. The van der Waals surface area contributed by atoms with Crippen molar-refractivity contribution in [1.29, 1.82) is 0 Å². The second kappa shape index (κ2) is 5.57. The third-order valence-corrected chi connectivity index (χ3v) is 2.28. The van der Waals surface area contributed by atoms with Gasteiger partial charge in [0, 0.05) is 0 Å². The lowest BCUT2D eigenvalue weighted by Crippen LogP contribution is -2.14. The number of aryl methyl sites for hydroxylation is 1. The Hall–Kier alpha value is -2.29. The summed E-state index contributed by atoms with van der Waals surface area (Å²) in [5.74, 6) is -2.51. The number of nitrogens with zero attached hydrogens (tertiary/aromatic N) is 1. The van der Waals surface area contributed by atoms with Gasteiger partial charge in [0.25, 0.3) is 0 Å². The highest BCUT2D eigenvalue weighted by molar-refractivity contribution is 5.77. The smallest absolute Gasteiger partial charge is 0.387 e. The van der Waals surface area contributed by atoms with Gasteiger partial charge in [-0.15, -0.1) is 0 Å². The van der Waals surface area contributed by atoms with Gasteiger partial charge in [0.15, 0.2) is 6.10 Å². The minimum atomic E-state index is -3.31. The van der Waals surface area contributed by atoms with E-state index in [2.05, 4.69) is 4.74 Å². The summed E-state index contributed by atoms with van der Waals surface area (Å²) < 4.78 is 28.5. The fourth-order valence-corrected chi connectivity index (χ4v) is 1.47. The van der Waals surface area contributed by atoms with Crippen molar-refractivity contribution in [3.63, 3.8) is 0 Å². The Balaban J connectivity index is 3.49. The highest BCUT2D eigenvalue weighted by Gasteiger charge is 2.31. The maximum atomic E-state index is 12.2.